The zero-order chi connectivity index (χ0) is 15.8. The first-order valence-electron chi connectivity index (χ1n) is 7.20. The fourth-order valence-corrected chi connectivity index (χ4v) is 2.78. The Hall–Kier alpha value is -3.21. The number of methoxy groups -OCH3 is 1. The normalized spacial score (nSPS) is 11.0. The van der Waals surface area contributed by atoms with Crippen LogP contribution >= 0.6 is 0 Å². The summed E-state index contributed by atoms with van der Waals surface area (Å²) >= 11 is 0. The van der Waals surface area contributed by atoms with E-state index in [-0.39, 0.29) is 0 Å². The number of nitrogen functional groups attached to an aromatic ring is 1. The van der Waals surface area contributed by atoms with E-state index in [2.05, 4.69) is 15.0 Å². The largest absolute Gasteiger partial charge is 0.496 e. The highest BCUT2D eigenvalue weighted by molar-refractivity contribution is 6.12. The molecule has 0 aliphatic rings. The highest BCUT2D eigenvalue weighted by atomic mass is 16.5. The van der Waals surface area contributed by atoms with Gasteiger partial charge in [0.1, 0.15) is 11.6 Å². The quantitative estimate of drug-likeness (QED) is 0.574. The standard InChI is InChI=1S/C18H14N4O/c1-23-16-6-2-5-14-17(16)12-8-15(11-4-3-7-20-9-11)22-18(19)13(12)10-21-14/h2-10H,1H3,(H2,19,22). The highest BCUT2D eigenvalue weighted by Gasteiger charge is 2.12. The third kappa shape index (κ3) is 2.14. The number of anilines is 1. The molecule has 3 heterocycles. The SMILES string of the molecule is COc1cccc2ncc3c(N)nc(-c4cccnc4)cc3c12. The molecular formula is C18H14N4O. The van der Waals surface area contributed by atoms with Crippen LogP contribution in [0.4, 0.5) is 5.82 Å². The van der Waals surface area contributed by atoms with Gasteiger partial charge in [0.2, 0.25) is 0 Å². The van der Waals surface area contributed by atoms with E-state index in [4.69, 9.17) is 10.5 Å². The fourth-order valence-electron chi connectivity index (χ4n) is 2.78. The molecule has 4 rings (SSSR count). The molecule has 112 valence electrons. The van der Waals surface area contributed by atoms with Gasteiger partial charge in [0.15, 0.2) is 0 Å². The first kappa shape index (κ1) is 13.5. The fraction of sp³-hybridized carbons (Fsp3) is 0.0556. The molecule has 0 spiro atoms. The van der Waals surface area contributed by atoms with Crippen LogP contribution in [0.3, 0.4) is 0 Å². The Morgan fingerprint density at radius 1 is 1.04 bits per heavy atom. The summed E-state index contributed by atoms with van der Waals surface area (Å²) in [7, 11) is 1.65. The number of fused-ring (bicyclic) bond motifs is 3. The van der Waals surface area contributed by atoms with E-state index in [9.17, 15) is 0 Å². The topological polar surface area (TPSA) is 73.9 Å². The van der Waals surface area contributed by atoms with Gasteiger partial charge in [-0.25, -0.2) is 4.98 Å². The second-order valence-corrected chi connectivity index (χ2v) is 5.21. The number of hydrogen-bond donors (Lipinski definition) is 1. The van der Waals surface area contributed by atoms with Crippen molar-refractivity contribution >= 4 is 27.5 Å². The van der Waals surface area contributed by atoms with E-state index < -0.39 is 0 Å². The average molecular weight is 302 g/mol. The smallest absolute Gasteiger partial charge is 0.133 e. The molecule has 0 amide bonds. The Morgan fingerprint density at radius 3 is 2.74 bits per heavy atom. The van der Waals surface area contributed by atoms with Crippen LogP contribution < -0.4 is 10.5 Å². The Kier molecular flexibility index (Phi) is 3.05. The second-order valence-electron chi connectivity index (χ2n) is 5.21. The minimum absolute atomic E-state index is 0.446. The van der Waals surface area contributed by atoms with Gasteiger partial charge in [0.05, 0.1) is 23.7 Å². The maximum Gasteiger partial charge on any atom is 0.133 e. The molecule has 3 aromatic heterocycles. The summed E-state index contributed by atoms with van der Waals surface area (Å²) in [5.41, 5.74) is 8.72. The number of rotatable bonds is 2. The van der Waals surface area contributed by atoms with Crippen molar-refractivity contribution < 1.29 is 4.74 Å². The van der Waals surface area contributed by atoms with Gasteiger partial charge in [0, 0.05) is 34.9 Å². The van der Waals surface area contributed by atoms with Crippen molar-refractivity contribution in [3.8, 4) is 17.0 Å². The van der Waals surface area contributed by atoms with Crippen LogP contribution in [-0.4, -0.2) is 22.1 Å². The minimum atomic E-state index is 0.446. The zero-order valence-corrected chi connectivity index (χ0v) is 12.5. The highest BCUT2D eigenvalue weighted by Crippen LogP contribution is 2.35. The molecule has 5 heteroatoms. The van der Waals surface area contributed by atoms with Crippen molar-refractivity contribution in [3.63, 3.8) is 0 Å². The second kappa shape index (κ2) is 5.21. The number of hydrogen-bond acceptors (Lipinski definition) is 5. The van der Waals surface area contributed by atoms with Gasteiger partial charge in [-0.2, -0.15) is 0 Å². The van der Waals surface area contributed by atoms with Crippen molar-refractivity contribution in [3.05, 3.63) is 55.0 Å². The number of aromatic nitrogens is 3. The van der Waals surface area contributed by atoms with Crippen molar-refractivity contribution in [2.24, 2.45) is 0 Å². The predicted molar refractivity (Wildman–Crippen MR) is 91.2 cm³/mol. The summed E-state index contributed by atoms with van der Waals surface area (Å²) in [6, 6.07) is 11.6. The maximum absolute atomic E-state index is 6.16. The summed E-state index contributed by atoms with van der Waals surface area (Å²) in [6.07, 6.45) is 5.26. The first-order chi connectivity index (χ1) is 11.3. The van der Waals surface area contributed by atoms with Gasteiger partial charge in [-0.15, -0.1) is 0 Å². The summed E-state index contributed by atoms with van der Waals surface area (Å²) in [5.74, 6) is 1.21. The van der Waals surface area contributed by atoms with Crippen molar-refractivity contribution in [2.45, 2.75) is 0 Å². The number of pyridine rings is 3. The van der Waals surface area contributed by atoms with Gasteiger partial charge in [0.25, 0.3) is 0 Å². The molecule has 0 unspecified atom stereocenters. The van der Waals surface area contributed by atoms with Gasteiger partial charge in [-0.1, -0.05) is 6.07 Å². The molecule has 2 N–H and O–H groups in total. The Bertz CT molecular complexity index is 1020. The number of benzene rings is 1. The molecule has 0 saturated heterocycles. The molecule has 1 aromatic carbocycles. The van der Waals surface area contributed by atoms with Crippen LogP contribution in [0.2, 0.25) is 0 Å². The number of ether oxygens (including phenoxy) is 1. The number of nitrogens with zero attached hydrogens (tertiary/aromatic N) is 3. The average Bonchev–Trinajstić information content (AvgIpc) is 2.61. The predicted octanol–water partition coefficient (Wildman–Crippen LogP) is 3.44. The third-order valence-electron chi connectivity index (χ3n) is 3.87. The molecule has 0 radical (unpaired) electrons. The van der Waals surface area contributed by atoms with Crippen LogP contribution in [0.15, 0.2) is 55.0 Å². The summed E-state index contributed by atoms with van der Waals surface area (Å²) < 4.78 is 5.51. The van der Waals surface area contributed by atoms with E-state index >= 15 is 0 Å². The van der Waals surface area contributed by atoms with Crippen molar-refractivity contribution in [1.29, 1.82) is 0 Å². The van der Waals surface area contributed by atoms with E-state index in [1.54, 1.807) is 25.7 Å². The van der Waals surface area contributed by atoms with Gasteiger partial charge < -0.3 is 10.5 Å². The minimum Gasteiger partial charge on any atom is -0.496 e. The maximum atomic E-state index is 6.16. The summed E-state index contributed by atoms with van der Waals surface area (Å²) in [5, 5.41) is 2.72. The zero-order valence-electron chi connectivity index (χ0n) is 12.5. The molecule has 0 saturated carbocycles. The molecule has 23 heavy (non-hydrogen) atoms. The van der Waals surface area contributed by atoms with Crippen LogP contribution in [0.25, 0.3) is 32.9 Å². The molecule has 0 fully saturated rings. The Labute approximate surface area is 132 Å². The molecule has 0 aliphatic carbocycles. The van der Waals surface area contributed by atoms with Crippen molar-refractivity contribution in [2.75, 3.05) is 12.8 Å². The molecule has 0 aliphatic heterocycles. The van der Waals surface area contributed by atoms with Crippen LogP contribution in [0.5, 0.6) is 5.75 Å². The molecule has 0 bridgehead atoms. The first-order valence-corrected chi connectivity index (χ1v) is 7.20. The molecule has 5 nitrogen and oxygen atoms in total. The Morgan fingerprint density at radius 2 is 1.96 bits per heavy atom. The monoisotopic (exact) mass is 302 g/mol. The summed E-state index contributed by atoms with van der Waals surface area (Å²) in [6.45, 7) is 0. The lowest BCUT2D eigenvalue weighted by Gasteiger charge is -2.11. The lowest BCUT2D eigenvalue weighted by Crippen LogP contribution is -1.97. The van der Waals surface area contributed by atoms with Crippen LogP contribution in [0.1, 0.15) is 0 Å². The van der Waals surface area contributed by atoms with E-state index in [0.29, 0.717) is 5.82 Å². The van der Waals surface area contributed by atoms with Gasteiger partial charge >= 0.3 is 0 Å². The lowest BCUT2D eigenvalue weighted by molar-refractivity contribution is 0.420. The van der Waals surface area contributed by atoms with Gasteiger partial charge in [-0.3, -0.25) is 9.97 Å². The molecule has 4 aromatic rings. The molecular weight excluding hydrogens is 288 g/mol. The molecule has 0 atom stereocenters. The van der Waals surface area contributed by atoms with Crippen molar-refractivity contribution in [1.82, 2.24) is 15.0 Å². The number of nitrogens with two attached hydrogens (primary N) is 1. The Balaban J connectivity index is 2.13. The van der Waals surface area contributed by atoms with Crippen LogP contribution in [-0.2, 0) is 0 Å². The third-order valence-corrected chi connectivity index (χ3v) is 3.87. The van der Waals surface area contributed by atoms with Gasteiger partial charge in [-0.05, 0) is 30.3 Å². The van der Waals surface area contributed by atoms with E-state index in [1.807, 2.05) is 36.4 Å². The van der Waals surface area contributed by atoms with E-state index in [1.165, 1.54) is 0 Å². The van der Waals surface area contributed by atoms with E-state index in [0.717, 1.165) is 38.7 Å². The van der Waals surface area contributed by atoms with Crippen LogP contribution in [0, 0.1) is 0 Å². The summed E-state index contributed by atoms with van der Waals surface area (Å²) in [4.78, 5) is 13.1. The lowest BCUT2D eigenvalue weighted by atomic mass is 10.0.